The molecule has 1 aliphatic rings. The lowest BCUT2D eigenvalue weighted by Crippen LogP contribution is -1.83. The van der Waals surface area contributed by atoms with Gasteiger partial charge in [-0.25, -0.2) is 0 Å². The molecule has 0 fully saturated rings. The number of fused-ring (bicyclic) bond motifs is 1. The van der Waals surface area contributed by atoms with E-state index < -0.39 is 11.2 Å². The fraction of sp³-hybridized carbons (Fsp3) is 0. The van der Waals surface area contributed by atoms with Gasteiger partial charge in [0.15, 0.2) is 0 Å². The minimum Gasteiger partial charge on any atom is -0.412 e. The lowest BCUT2D eigenvalue weighted by molar-refractivity contribution is -0.119. The number of hydrogen-bond acceptors (Lipinski definition) is 2. The van der Waals surface area contributed by atoms with E-state index in [-0.39, 0.29) is 0 Å². The molecule has 1 aromatic rings. The van der Waals surface area contributed by atoms with Crippen LogP contribution in [0.3, 0.4) is 0 Å². The Morgan fingerprint density at radius 1 is 1.33 bits per heavy atom. The van der Waals surface area contributed by atoms with Crippen LogP contribution in [0.15, 0.2) is 34.6 Å². The second kappa shape index (κ2) is 3.03. The first kappa shape index (κ1) is 7.43. The summed E-state index contributed by atoms with van der Waals surface area (Å²) >= 11 is -0.810. The number of rotatable bonds is 2. The third-order valence-corrected chi connectivity index (χ3v) is 3.34. The molecule has 0 bridgehead atoms. The fourth-order valence-electron chi connectivity index (χ4n) is 1.20. The summed E-state index contributed by atoms with van der Waals surface area (Å²) in [4.78, 5) is 11.3. The molecule has 1 aromatic carbocycles. The van der Waals surface area contributed by atoms with Gasteiger partial charge in [0, 0.05) is 4.90 Å². The van der Waals surface area contributed by atoms with Crippen LogP contribution in [0.5, 0.6) is 0 Å². The molecule has 1 atom stereocenters. The fourth-order valence-corrected chi connectivity index (χ4v) is 2.57. The van der Waals surface area contributed by atoms with Crippen molar-refractivity contribution in [3.63, 3.8) is 0 Å². The van der Waals surface area contributed by atoms with Crippen LogP contribution < -0.4 is 0 Å². The van der Waals surface area contributed by atoms with Gasteiger partial charge in [-0.2, -0.15) is 0 Å². The Morgan fingerprint density at radius 2 is 2.17 bits per heavy atom. The number of carbonyl (C=O) groups excluding carboxylic acids is 1. The summed E-state index contributed by atoms with van der Waals surface area (Å²) in [5.41, 5.74) is 1.16. The normalized spacial score (nSPS) is 21.8. The summed E-state index contributed by atoms with van der Waals surface area (Å²) in [6.07, 6.45) is 1.99. The van der Waals surface area contributed by atoms with Crippen molar-refractivity contribution in [1.29, 1.82) is 0 Å². The predicted octanol–water partition coefficient (Wildman–Crippen LogP) is 2.12. The lowest BCUT2D eigenvalue weighted by Gasteiger charge is -2.11. The molecule has 2 rings (SSSR count). The Labute approximate surface area is 73.4 Å². The monoisotopic (exact) mass is 180 g/mol. The van der Waals surface area contributed by atoms with Crippen molar-refractivity contribution in [3.05, 3.63) is 35.2 Å². The van der Waals surface area contributed by atoms with Gasteiger partial charge in [0.25, 0.3) is 0 Å². The summed E-state index contributed by atoms with van der Waals surface area (Å²) < 4.78 is 4.93. The molecule has 12 heavy (non-hydrogen) atoms. The minimum absolute atomic E-state index is 0.512. The third-order valence-electron chi connectivity index (χ3n) is 1.72. The predicted molar refractivity (Wildman–Crippen MR) is 49.9 cm³/mol. The molecule has 0 saturated carbocycles. The maximum absolute atomic E-state index is 10.1. The molecule has 0 aliphatic carbocycles. The van der Waals surface area contributed by atoms with Gasteiger partial charge in [-0.05, 0) is 23.1 Å². The summed E-state index contributed by atoms with van der Waals surface area (Å²) in [6.45, 7) is 0.512. The summed E-state index contributed by atoms with van der Waals surface area (Å²) in [6, 6.07) is 7.94. The molecule has 0 saturated heterocycles. The van der Waals surface area contributed by atoms with Gasteiger partial charge < -0.3 is 4.18 Å². The Bertz CT molecular complexity index is 333. The van der Waals surface area contributed by atoms with Crippen molar-refractivity contribution >= 4 is 23.7 Å². The molecule has 0 aromatic heterocycles. The quantitative estimate of drug-likeness (QED) is 0.557. The van der Waals surface area contributed by atoms with Crippen LogP contribution in [0.1, 0.15) is 5.56 Å². The van der Waals surface area contributed by atoms with Gasteiger partial charge in [-0.3, -0.25) is 4.79 Å². The maximum Gasteiger partial charge on any atom is 0.303 e. The standard InChI is InChI=1S/C9H8O2S/c10-7-11-12-6-5-8-3-1-2-4-9(8)12/h1-7,12H. The van der Waals surface area contributed by atoms with Crippen LogP contribution in [-0.2, 0) is 8.98 Å². The van der Waals surface area contributed by atoms with Crippen molar-refractivity contribution in [3.8, 4) is 0 Å². The first-order valence-electron chi connectivity index (χ1n) is 3.59. The van der Waals surface area contributed by atoms with Gasteiger partial charge in [0.05, 0.1) is 0 Å². The number of thiol groups is 1. The molecular weight excluding hydrogens is 172 g/mol. The molecule has 1 unspecified atom stereocenters. The summed E-state index contributed by atoms with van der Waals surface area (Å²) in [7, 11) is 0. The van der Waals surface area contributed by atoms with E-state index in [1.807, 2.05) is 35.7 Å². The van der Waals surface area contributed by atoms with E-state index in [1.165, 1.54) is 0 Å². The van der Waals surface area contributed by atoms with Gasteiger partial charge in [-0.15, -0.1) is 0 Å². The molecular formula is C9H8O2S. The summed E-state index contributed by atoms with van der Waals surface area (Å²) in [5, 5.41) is 1.94. The molecule has 0 amide bonds. The average molecular weight is 180 g/mol. The zero-order valence-electron chi connectivity index (χ0n) is 6.31. The van der Waals surface area contributed by atoms with E-state index in [0.717, 1.165) is 10.5 Å². The zero-order chi connectivity index (χ0) is 8.39. The SMILES string of the molecule is O=CO[SH]1C=Cc2ccccc21. The van der Waals surface area contributed by atoms with Crippen LogP contribution >= 0.6 is 11.2 Å². The van der Waals surface area contributed by atoms with Crippen LogP contribution in [0.2, 0.25) is 0 Å². The molecule has 62 valence electrons. The van der Waals surface area contributed by atoms with Crippen molar-refractivity contribution < 1.29 is 8.98 Å². The minimum atomic E-state index is -0.810. The van der Waals surface area contributed by atoms with E-state index in [4.69, 9.17) is 4.18 Å². The zero-order valence-corrected chi connectivity index (χ0v) is 7.20. The van der Waals surface area contributed by atoms with E-state index >= 15 is 0 Å². The van der Waals surface area contributed by atoms with Crippen LogP contribution in [0, 0.1) is 0 Å². The molecule has 0 spiro atoms. The molecule has 1 aliphatic heterocycles. The highest BCUT2D eigenvalue weighted by molar-refractivity contribution is 8.16. The van der Waals surface area contributed by atoms with E-state index in [9.17, 15) is 4.79 Å². The van der Waals surface area contributed by atoms with Crippen LogP contribution in [0.4, 0.5) is 0 Å². The van der Waals surface area contributed by atoms with Gasteiger partial charge in [-0.1, -0.05) is 29.4 Å². The average Bonchev–Trinajstić information content (AvgIpc) is 2.50. The number of carbonyl (C=O) groups is 1. The van der Waals surface area contributed by atoms with Crippen molar-refractivity contribution in [2.24, 2.45) is 0 Å². The number of hydrogen-bond donors (Lipinski definition) is 1. The van der Waals surface area contributed by atoms with Crippen molar-refractivity contribution in [2.75, 3.05) is 0 Å². The number of benzene rings is 1. The molecule has 3 heteroatoms. The third kappa shape index (κ3) is 1.12. The Balaban J connectivity index is 2.35. The smallest absolute Gasteiger partial charge is 0.303 e. The lowest BCUT2D eigenvalue weighted by atomic mass is 10.2. The Hall–Kier alpha value is -1.22. The van der Waals surface area contributed by atoms with Crippen LogP contribution in [0.25, 0.3) is 6.08 Å². The Morgan fingerprint density at radius 3 is 3.00 bits per heavy atom. The maximum atomic E-state index is 10.1. The van der Waals surface area contributed by atoms with Crippen molar-refractivity contribution in [1.82, 2.24) is 0 Å². The van der Waals surface area contributed by atoms with Crippen molar-refractivity contribution in [2.45, 2.75) is 4.90 Å². The highest BCUT2D eigenvalue weighted by Gasteiger charge is 2.12. The molecule has 0 radical (unpaired) electrons. The van der Waals surface area contributed by atoms with Gasteiger partial charge in [0.2, 0.25) is 0 Å². The molecule has 0 N–H and O–H groups in total. The van der Waals surface area contributed by atoms with E-state index in [0.29, 0.717) is 6.47 Å². The van der Waals surface area contributed by atoms with Gasteiger partial charge >= 0.3 is 6.47 Å². The second-order valence-electron chi connectivity index (χ2n) is 2.40. The highest BCUT2D eigenvalue weighted by atomic mass is 32.2. The van der Waals surface area contributed by atoms with Gasteiger partial charge in [0.1, 0.15) is 0 Å². The largest absolute Gasteiger partial charge is 0.412 e. The van der Waals surface area contributed by atoms with Crippen LogP contribution in [-0.4, -0.2) is 6.47 Å². The second-order valence-corrected chi connectivity index (χ2v) is 4.04. The first-order valence-corrected chi connectivity index (χ1v) is 4.91. The summed E-state index contributed by atoms with van der Waals surface area (Å²) in [5.74, 6) is 0. The molecule has 1 heterocycles. The Kier molecular flexibility index (Phi) is 1.87. The highest BCUT2D eigenvalue weighted by Crippen LogP contribution is 2.45. The topological polar surface area (TPSA) is 26.3 Å². The van der Waals surface area contributed by atoms with E-state index in [1.54, 1.807) is 0 Å². The molecule has 2 nitrogen and oxygen atoms in total. The first-order chi connectivity index (χ1) is 5.92. The van der Waals surface area contributed by atoms with E-state index in [2.05, 4.69) is 0 Å².